The molecule has 0 rings (SSSR count). The molecule has 0 aromatic carbocycles. The monoisotopic (exact) mass is 138 g/mol. The van der Waals surface area contributed by atoms with Gasteiger partial charge in [-0.1, -0.05) is 13.8 Å². The second-order valence-electron chi connectivity index (χ2n) is 1.03. The molecule has 1 atom stereocenters. The first kappa shape index (κ1) is 10.9. The van der Waals surface area contributed by atoms with Gasteiger partial charge in [-0.15, -0.1) is 0 Å². The maximum Gasteiger partial charge on any atom is 0.0203 e. The average molecular weight is 138 g/mol. The first-order valence-electron chi connectivity index (χ1n) is 2.41. The van der Waals surface area contributed by atoms with Gasteiger partial charge in [0, 0.05) is 11.3 Å². The summed E-state index contributed by atoms with van der Waals surface area (Å²) in [5.41, 5.74) is 0. The molecule has 3 nitrogen and oxygen atoms in total. The minimum absolute atomic E-state index is 1.08. The van der Waals surface area contributed by atoms with Crippen molar-refractivity contribution in [3.8, 4) is 0 Å². The van der Waals surface area contributed by atoms with Crippen molar-refractivity contribution in [1.29, 1.82) is 0 Å². The van der Waals surface area contributed by atoms with Gasteiger partial charge in [-0.25, -0.2) is 4.31 Å². The summed E-state index contributed by atoms with van der Waals surface area (Å²) in [6.45, 7) is 4.00. The van der Waals surface area contributed by atoms with E-state index in [0.717, 1.165) is 4.31 Å². The van der Waals surface area contributed by atoms with Gasteiger partial charge in [0.2, 0.25) is 0 Å². The van der Waals surface area contributed by atoms with Crippen LogP contribution in [0.15, 0.2) is 0 Å². The molecule has 0 amide bonds. The number of hydrogen-bond acceptors (Lipinski definition) is 2. The van der Waals surface area contributed by atoms with E-state index in [4.69, 9.17) is 0 Å². The van der Waals surface area contributed by atoms with Gasteiger partial charge in [0.25, 0.3) is 0 Å². The van der Waals surface area contributed by atoms with Crippen LogP contribution in [0.5, 0.6) is 0 Å². The van der Waals surface area contributed by atoms with Crippen LogP contribution in [0, 0.1) is 0 Å². The van der Waals surface area contributed by atoms with E-state index in [1.54, 1.807) is 0 Å². The van der Waals surface area contributed by atoms with E-state index in [2.05, 4.69) is 0 Å². The molecule has 0 heterocycles. The summed E-state index contributed by atoms with van der Waals surface area (Å²) in [7, 11) is 2.92. The first-order valence-corrected chi connectivity index (χ1v) is 3.44. The van der Waals surface area contributed by atoms with Crippen LogP contribution in [-0.2, 0) is 11.3 Å². The lowest BCUT2D eigenvalue weighted by molar-refractivity contribution is 0.470. The van der Waals surface area contributed by atoms with Crippen LogP contribution in [0.25, 0.3) is 0 Å². The van der Waals surface area contributed by atoms with E-state index in [-0.39, 0.29) is 0 Å². The van der Waals surface area contributed by atoms with Crippen molar-refractivity contribution < 1.29 is 8.76 Å². The minimum Gasteiger partial charge on any atom is -0.760 e. The molecule has 0 spiro atoms. The molecule has 0 aliphatic heterocycles. The normalized spacial score (nSPS) is 12.2. The van der Waals surface area contributed by atoms with Crippen LogP contribution in [0.3, 0.4) is 0 Å². The van der Waals surface area contributed by atoms with E-state index in [1.807, 2.05) is 13.8 Å². The average Bonchev–Trinajstić information content (AvgIpc) is 1.72. The van der Waals surface area contributed by atoms with Crippen molar-refractivity contribution >= 4 is 11.3 Å². The van der Waals surface area contributed by atoms with Gasteiger partial charge in [-0.3, -0.25) is 4.21 Å². The largest absolute Gasteiger partial charge is 0.760 e. The quantitative estimate of drug-likeness (QED) is 0.491. The summed E-state index contributed by atoms with van der Waals surface area (Å²) >= 11 is -2.03. The molecule has 0 saturated carbocycles. The second kappa shape index (κ2) is 7.07. The van der Waals surface area contributed by atoms with Crippen molar-refractivity contribution in [1.82, 2.24) is 4.31 Å². The summed E-state index contributed by atoms with van der Waals surface area (Å²) < 4.78 is 20.3. The van der Waals surface area contributed by atoms with Gasteiger partial charge in [0.15, 0.2) is 0 Å². The fraction of sp³-hybridized carbons (Fsp3) is 1.00. The standard InChI is InChI=1S/C2H7NO2S.C2H6/c1-3(2)6(4)5;1-2/h1-2H3,(H,4,5);1-2H3/p-1. The molecule has 0 saturated heterocycles. The molecule has 0 aliphatic carbocycles. The van der Waals surface area contributed by atoms with E-state index in [9.17, 15) is 8.76 Å². The lowest BCUT2D eigenvalue weighted by Gasteiger charge is -2.10. The summed E-state index contributed by atoms with van der Waals surface area (Å²) in [4.78, 5) is 0. The predicted octanol–water partition coefficient (Wildman–Crippen LogP) is 0.368. The third-order valence-electron chi connectivity index (χ3n) is 0.298. The van der Waals surface area contributed by atoms with Gasteiger partial charge >= 0.3 is 0 Å². The Labute approximate surface area is 53.1 Å². The molecule has 0 aliphatic rings. The third-order valence-corrected chi connectivity index (χ3v) is 0.894. The molecule has 0 bridgehead atoms. The van der Waals surface area contributed by atoms with E-state index in [1.165, 1.54) is 14.1 Å². The molecule has 8 heavy (non-hydrogen) atoms. The first-order chi connectivity index (χ1) is 3.64. The molecule has 0 aromatic heterocycles. The van der Waals surface area contributed by atoms with Gasteiger partial charge in [0.05, 0.1) is 0 Å². The van der Waals surface area contributed by atoms with Gasteiger partial charge < -0.3 is 4.55 Å². The molecule has 0 radical (unpaired) electrons. The smallest absolute Gasteiger partial charge is 0.0203 e. The highest BCUT2D eigenvalue weighted by Gasteiger charge is 1.78. The maximum atomic E-state index is 9.62. The highest BCUT2D eigenvalue weighted by atomic mass is 32.2. The Kier molecular flexibility index (Phi) is 9.68. The Morgan fingerprint density at radius 3 is 1.50 bits per heavy atom. The maximum absolute atomic E-state index is 9.62. The highest BCUT2D eigenvalue weighted by Crippen LogP contribution is 1.73. The topological polar surface area (TPSA) is 43.4 Å². The van der Waals surface area contributed by atoms with Crippen LogP contribution in [-0.4, -0.2) is 27.2 Å². The van der Waals surface area contributed by atoms with Crippen molar-refractivity contribution in [2.24, 2.45) is 0 Å². The number of nitrogens with zero attached hydrogens (tertiary/aromatic N) is 1. The van der Waals surface area contributed by atoms with E-state index in [0.29, 0.717) is 0 Å². The van der Waals surface area contributed by atoms with Crippen molar-refractivity contribution in [2.75, 3.05) is 14.1 Å². The van der Waals surface area contributed by atoms with Crippen LogP contribution < -0.4 is 0 Å². The molecule has 1 unspecified atom stereocenters. The highest BCUT2D eigenvalue weighted by molar-refractivity contribution is 7.76. The van der Waals surface area contributed by atoms with Gasteiger partial charge in [-0.2, -0.15) is 0 Å². The van der Waals surface area contributed by atoms with Crippen LogP contribution in [0.1, 0.15) is 13.8 Å². The molecule has 0 fully saturated rings. The zero-order chi connectivity index (χ0) is 7.15. The van der Waals surface area contributed by atoms with Crippen molar-refractivity contribution in [2.45, 2.75) is 13.8 Å². The molecular weight excluding hydrogens is 126 g/mol. The van der Waals surface area contributed by atoms with Gasteiger partial charge in [-0.05, 0) is 14.1 Å². The van der Waals surface area contributed by atoms with Crippen molar-refractivity contribution in [3.63, 3.8) is 0 Å². The molecule has 0 N–H and O–H groups in total. The van der Waals surface area contributed by atoms with E-state index >= 15 is 0 Å². The zero-order valence-corrected chi connectivity index (χ0v) is 6.49. The Bertz CT molecular complexity index is 65.1. The predicted molar refractivity (Wildman–Crippen MR) is 34.0 cm³/mol. The summed E-state index contributed by atoms with van der Waals surface area (Å²) in [6, 6.07) is 0. The lowest BCUT2D eigenvalue weighted by Crippen LogP contribution is -2.13. The summed E-state index contributed by atoms with van der Waals surface area (Å²) in [6.07, 6.45) is 0. The molecule has 52 valence electrons. The fourth-order valence-corrected chi connectivity index (χ4v) is 0. The lowest BCUT2D eigenvalue weighted by atomic mass is 11.0. The Morgan fingerprint density at radius 1 is 1.38 bits per heavy atom. The van der Waals surface area contributed by atoms with Crippen LogP contribution in [0.2, 0.25) is 0 Å². The summed E-state index contributed by atoms with van der Waals surface area (Å²) in [5, 5.41) is 0. The molecule has 0 aromatic rings. The van der Waals surface area contributed by atoms with Crippen LogP contribution in [0.4, 0.5) is 0 Å². The summed E-state index contributed by atoms with van der Waals surface area (Å²) in [5.74, 6) is 0. The van der Waals surface area contributed by atoms with Crippen molar-refractivity contribution in [3.05, 3.63) is 0 Å². The minimum atomic E-state index is -2.03. The number of hydrogen-bond donors (Lipinski definition) is 0. The van der Waals surface area contributed by atoms with Crippen LogP contribution >= 0.6 is 0 Å². The Morgan fingerprint density at radius 2 is 1.50 bits per heavy atom. The number of rotatable bonds is 1. The third kappa shape index (κ3) is 9.42. The van der Waals surface area contributed by atoms with Gasteiger partial charge in [0.1, 0.15) is 0 Å². The molecular formula is C4H12NO2S-. The fourth-order valence-electron chi connectivity index (χ4n) is 0. The Balaban J connectivity index is 0. The second-order valence-corrected chi connectivity index (χ2v) is 2.19. The SMILES string of the molecule is CC.CN(C)S(=O)[O-]. The zero-order valence-electron chi connectivity index (χ0n) is 5.67. The van der Waals surface area contributed by atoms with E-state index < -0.39 is 11.3 Å². The Hall–Kier alpha value is 0.0700. The molecule has 4 heteroatoms.